The fourth-order valence-electron chi connectivity index (χ4n) is 3.75. The van der Waals surface area contributed by atoms with E-state index in [1.807, 2.05) is 10.7 Å². The topological polar surface area (TPSA) is 69.0 Å². The van der Waals surface area contributed by atoms with E-state index >= 15 is 0 Å². The molecule has 28 heavy (non-hydrogen) atoms. The number of carbonyl (C=O) groups excluding carboxylic acids is 1. The van der Waals surface area contributed by atoms with Crippen LogP contribution in [0.3, 0.4) is 0 Å². The van der Waals surface area contributed by atoms with Crippen LogP contribution in [0, 0.1) is 0 Å². The Morgan fingerprint density at radius 2 is 2.00 bits per heavy atom. The number of carbonyl (C=O) groups is 1. The second-order valence-electron chi connectivity index (χ2n) is 8.41. The van der Waals surface area contributed by atoms with E-state index in [0.717, 1.165) is 23.1 Å². The van der Waals surface area contributed by atoms with Crippen molar-refractivity contribution in [3.63, 3.8) is 0 Å². The predicted molar refractivity (Wildman–Crippen MR) is 112 cm³/mol. The van der Waals surface area contributed by atoms with E-state index in [-0.39, 0.29) is 17.9 Å². The van der Waals surface area contributed by atoms with Gasteiger partial charge in [-0.2, -0.15) is 5.10 Å². The van der Waals surface area contributed by atoms with Crippen LogP contribution in [-0.4, -0.2) is 39.9 Å². The number of pyridine rings is 1. The van der Waals surface area contributed by atoms with Crippen LogP contribution in [0.4, 0.5) is 0 Å². The van der Waals surface area contributed by atoms with Crippen LogP contribution in [0.2, 0.25) is 0 Å². The van der Waals surface area contributed by atoms with Crippen molar-refractivity contribution in [3.05, 3.63) is 23.5 Å². The Balaban J connectivity index is 1.63. The first-order valence-corrected chi connectivity index (χ1v) is 10.7. The van der Waals surface area contributed by atoms with E-state index < -0.39 is 0 Å². The van der Waals surface area contributed by atoms with Crippen molar-refractivity contribution >= 4 is 16.9 Å². The van der Waals surface area contributed by atoms with Crippen LogP contribution in [0.25, 0.3) is 11.0 Å². The predicted octanol–water partition coefficient (Wildman–Crippen LogP) is 4.60. The lowest BCUT2D eigenvalue weighted by atomic mass is 9.98. The zero-order valence-electron chi connectivity index (χ0n) is 17.7. The maximum Gasteiger partial charge on any atom is 0.252 e. The molecule has 0 bridgehead atoms. The van der Waals surface area contributed by atoms with Crippen molar-refractivity contribution in [2.24, 2.45) is 0 Å². The zero-order valence-corrected chi connectivity index (χ0v) is 17.7. The third-order valence-electron chi connectivity index (χ3n) is 5.42. The molecule has 2 heterocycles. The zero-order chi connectivity index (χ0) is 20.1. The third-order valence-corrected chi connectivity index (χ3v) is 5.42. The van der Waals surface area contributed by atoms with Gasteiger partial charge in [-0.3, -0.25) is 4.79 Å². The molecule has 2 aromatic rings. The van der Waals surface area contributed by atoms with Crippen molar-refractivity contribution < 1.29 is 9.53 Å². The number of amides is 1. The van der Waals surface area contributed by atoms with Crippen molar-refractivity contribution in [3.8, 4) is 0 Å². The van der Waals surface area contributed by atoms with E-state index in [0.29, 0.717) is 24.8 Å². The van der Waals surface area contributed by atoms with Crippen LogP contribution in [-0.2, 0) is 4.74 Å². The Morgan fingerprint density at radius 1 is 1.25 bits per heavy atom. The monoisotopic (exact) mass is 386 g/mol. The lowest BCUT2D eigenvalue weighted by molar-refractivity contribution is 0.0273. The van der Waals surface area contributed by atoms with Crippen molar-refractivity contribution in [2.45, 2.75) is 84.3 Å². The molecular formula is C22H34N4O2. The van der Waals surface area contributed by atoms with Crippen LogP contribution in [0.1, 0.15) is 94.2 Å². The van der Waals surface area contributed by atoms with Crippen LogP contribution in [0.5, 0.6) is 0 Å². The summed E-state index contributed by atoms with van der Waals surface area (Å²) in [5.41, 5.74) is 2.36. The Bertz CT molecular complexity index is 791. The summed E-state index contributed by atoms with van der Waals surface area (Å²) >= 11 is 0. The molecule has 1 fully saturated rings. The minimum Gasteiger partial charge on any atom is -0.378 e. The molecule has 0 aromatic carbocycles. The highest BCUT2D eigenvalue weighted by atomic mass is 16.5. The van der Waals surface area contributed by atoms with Gasteiger partial charge in [-0.15, -0.1) is 0 Å². The van der Waals surface area contributed by atoms with E-state index in [2.05, 4.69) is 38.1 Å². The molecule has 1 aliphatic carbocycles. The van der Waals surface area contributed by atoms with Gasteiger partial charge in [0.25, 0.3) is 5.91 Å². The van der Waals surface area contributed by atoms with Crippen molar-refractivity contribution in [1.29, 1.82) is 0 Å². The quantitative estimate of drug-likeness (QED) is 0.673. The van der Waals surface area contributed by atoms with Gasteiger partial charge in [0.15, 0.2) is 5.65 Å². The van der Waals surface area contributed by atoms with Crippen LogP contribution in [0.15, 0.2) is 12.3 Å². The summed E-state index contributed by atoms with van der Waals surface area (Å²) < 4.78 is 7.83. The summed E-state index contributed by atoms with van der Waals surface area (Å²) in [6, 6.07) is 2.10. The van der Waals surface area contributed by atoms with E-state index in [4.69, 9.17) is 9.72 Å². The van der Waals surface area contributed by atoms with Crippen LogP contribution < -0.4 is 5.32 Å². The van der Waals surface area contributed by atoms with E-state index in [9.17, 15) is 4.79 Å². The molecule has 6 heteroatoms. The molecule has 1 amide bonds. The number of nitrogens with zero attached hydrogens (tertiary/aromatic N) is 3. The van der Waals surface area contributed by atoms with Gasteiger partial charge in [-0.05, 0) is 45.1 Å². The smallest absolute Gasteiger partial charge is 0.252 e. The molecule has 0 spiro atoms. The number of hydrogen-bond acceptors (Lipinski definition) is 4. The molecule has 1 saturated carbocycles. The second-order valence-corrected chi connectivity index (χ2v) is 8.41. The number of rotatable bonds is 8. The van der Waals surface area contributed by atoms with Crippen molar-refractivity contribution in [2.75, 3.05) is 13.2 Å². The number of hydrogen-bond donors (Lipinski definition) is 1. The van der Waals surface area contributed by atoms with Crippen LogP contribution >= 0.6 is 0 Å². The largest absolute Gasteiger partial charge is 0.378 e. The highest BCUT2D eigenvalue weighted by Gasteiger charge is 2.19. The molecule has 0 unspecified atom stereocenters. The number of nitrogens with one attached hydrogen (secondary N) is 1. The highest BCUT2D eigenvalue weighted by Crippen LogP contribution is 2.24. The van der Waals surface area contributed by atoms with E-state index in [1.165, 1.54) is 32.1 Å². The number of aromatic nitrogens is 3. The minimum absolute atomic E-state index is 0.0599. The standard InChI is InChI=1S/C22H34N4O2/c1-15(2)20-13-18(19-14-24-26(16(3)4)21(19)25-20)22(27)23-11-8-12-28-17-9-6-5-7-10-17/h13-17H,5-12H2,1-4H3,(H,23,27). The molecule has 6 nitrogen and oxygen atoms in total. The Hall–Kier alpha value is -1.95. The molecule has 0 atom stereocenters. The maximum atomic E-state index is 12.9. The van der Waals surface area contributed by atoms with Gasteiger partial charge >= 0.3 is 0 Å². The molecule has 0 aliphatic heterocycles. The number of ether oxygens (including phenoxy) is 1. The van der Waals surface area contributed by atoms with E-state index in [1.54, 1.807) is 6.20 Å². The lowest BCUT2D eigenvalue weighted by Crippen LogP contribution is -2.26. The maximum absolute atomic E-state index is 12.9. The summed E-state index contributed by atoms with van der Waals surface area (Å²) in [6.07, 6.45) is 9.26. The lowest BCUT2D eigenvalue weighted by Gasteiger charge is -2.21. The Kier molecular flexibility index (Phi) is 7.05. The molecule has 3 rings (SSSR count). The fourth-order valence-corrected chi connectivity index (χ4v) is 3.75. The third kappa shape index (κ3) is 4.90. The van der Waals surface area contributed by atoms with Gasteiger partial charge in [0.05, 0.1) is 23.3 Å². The Morgan fingerprint density at radius 3 is 2.68 bits per heavy atom. The second kappa shape index (κ2) is 9.50. The minimum atomic E-state index is -0.0599. The summed E-state index contributed by atoms with van der Waals surface area (Å²) in [7, 11) is 0. The summed E-state index contributed by atoms with van der Waals surface area (Å²) in [5, 5.41) is 8.32. The average molecular weight is 387 g/mol. The normalized spacial score (nSPS) is 15.6. The molecule has 154 valence electrons. The Labute approximate surface area is 168 Å². The van der Waals surface area contributed by atoms with Gasteiger partial charge in [0.2, 0.25) is 0 Å². The first-order chi connectivity index (χ1) is 13.5. The summed E-state index contributed by atoms with van der Waals surface area (Å²) in [6.45, 7) is 9.65. The molecular weight excluding hydrogens is 352 g/mol. The van der Waals surface area contributed by atoms with Gasteiger partial charge in [0.1, 0.15) is 0 Å². The van der Waals surface area contributed by atoms with Crippen molar-refractivity contribution in [1.82, 2.24) is 20.1 Å². The fraction of sp³-hybridized carbons (Fsp3) is 0.682. The summed E-state index contributed by atoms with van der Waals surface area (Å²) in [4.78, 5) is 17.6. The molecule has 0 radical (unpaired) electrons. The first-order valence-electron chi connectivity index (χ1n) is 10.7. The average Bonchev–Trinajstić information content (AvgIpc) is 3.12. The molecule has 2 aromatic heterocycles. The number of fused-ring (bicyclic) bond motifs is 1. The SMILES string of the molecule is CC(C)c1cc(C(=O)NCCCOC2CCCCC2)c2cnn(C(C)C)c2n1. The van der Waals surface area contributed by atoms with Gasteiger partial charge < -0.3 is 10.1 Å². The molecule has 1 N–H and O–H groups in total. The molecule has 0 saturated heterocycles. The first kappa shape index (κ1) is 20.8. The van der Waals surface area contributed by atoms with Gasteiger partial charge in [0, 0.05) is 24.9 Å². The van der Waals surface area contributed by atoms with Gasteiger partial charge in [-0.25, -0.2) is 9.67 Å². The summed E-state index contributed by atoms with van der Waals surface area (Å²) in [5.74, 6) is 0.186. The highest BCUT2D eigenvalue weighted by molar-refractivity contribution is 6.05. The van der Waals surface area contributed by atoms with Gasteiger partial charge in [-0.1, -0.05) is 33.1 Å². The molecule has 1 aliphatic rings.